The molecule has 2 aromatic heterocycles. The highest BCUT2D eigenvalue weighted by Crippen LogP contribution is 2.30. The summed E-state index contributed by atoms with van der Waals surface area (Å²) in [5, 5.41) is 6.88. The van der Waals surface area contributed by atoms with Crippen molar-refractivity contribution in [2.75, 3.05) is 38.1 Å². The van der Waals surface area contributed by atoms with Crippen LogP contribution in [0.4, 0.5) is 32.4 Å². The highest BCUT2D eigenvalue weighted by molar-refractivity contribution is 6.02. The van der Waals surface area contributed by atoms with Gasteiger partial charge in [0.05, 0.1) is 18.0 Å². The largest absolute Gasteiger partial charge is 0.479 e. The van der Waals surface area contributed by atoms with Crippen LogP contribution in [0.3, 0.4) is 0 Å². The zero-order chi connectivity index (χ0) is 30.7. The second kappa shape index (κ2) is 12.5. The summed E-state index contributed by atoms with van der Waals surface area (Å²) in [5.41, 5.74) is 0.652. The number of benzene rings is 1. The number of aryl methyl sites for hydroxylation is 1. The first kappa shape index (κ1) is 30.3. The van der Waals surface area contributed by atoms with Crippen molar-refractivity contribution in [3.63, 3.8) is 0 Å². The summed E-state index contributed by atoms with van der Waals surface area (Å²) < 4.78 is 84.0. The number of rotatable bonds is 8. The van der Waals surface area contributed by atoms with E-state index in [2.05, 4.69) is 10.4 Å². The van der Waals surface area contributed by atoms with Gasteiger partial charge in [0.2, 0.25) is 35.0 Å². The van der Waals surface area contributed by atoms with Crippen LogP contribution in [0.1, 0.15) is 41.9 Å². The number of nitrogens with one attached hydrogen (secondary N) is 1. The van der Waals surface area contributed by atoms with E-state index in [9.17, 15) is 36.3 Å². The van der Waals surface area contributed by atoms with Gasteiger partial charge in [0.15, 0.2) is 11.5 Å². The van der Waals surface area contributed by atoms with E-state index in [0.717, 1.165) is 0 Å². The lowest BCUT2D eigenvalue weighted by Crippen LogP contribution is -2.52. The number of amides is 3. The Morgan fingerprint density at radius 2 is 1.57 bits per heavy atom. The number of nitrogens with zero attached hydrogens (tertiary/aromatic N) is 4. The molecule has 226 valence electrons. The predicted octanol–water partition coefficient (Wildman–Crippen LogP) is 4.17. The van der Waals surface area contributed by atoms with Crippen LogP contribution >= 0.6 is 0 Å². The number of carbonyl (C=O) groups is 3. The summed E-state index contributed by atoms with van der Waals surface area (Å²) in [6.07, 6.45) is 1.03. The van der Waals surface area contributed by atoms with Gasteiger partial charge in [-0.05, 0) is 32.9 Å². The van der Waals surface area contributed by atoms with E-state index < -0.39 is 59.5 Å². The molecule has 0 radical (unpaired) electrons. The van der Waals surface area contributed by atoms with Gasteiger partial charge in [0.25, 0.3) is 5.91 Å². The van der Waals surface area contributed by atoms with Gasteiger partial charge in [-0.25, -0.2) is 18.0 Å². The summed E-state index contributed by atoms with van der Waals surface area (Å²) in [4.78, 5) is 40.8. The summed E-state index contributed by atoms with van der Waals surface area (Å²) in [6.45, 7) is 5.77. The van der Waals surface area contributed by atoms with Crippen molar-refractivity contribution in [2.24, 2.45) is 0 Å². The zero-order valence-electron chi connectivity index (χ0n) is 22.7. The Balaban J connectivity index is 1.36. The van der Waals surface area contributed by atoms with Crippen LogP contribution in [0.5, 0.6) is 5.75 Å². The van der Waals surface area contributed by atoms with Crippen LogP contribution in [0, 0.1) is 36.0 Å². The Bertz CT molecular complexity index is 1470. The average molecular weight is 600 g/mol. The van der Waals surface area contributed by atoms with E-state index in [0.29, 0.717) is 31.9 Å². The normalized spacial score (nSPS) is 14.1. The van der Waals surface area contributed by atoms with Crippen molar-refractivity contribution in [3.8, 4) is 5.75 Å². The number of anilines is 1. The van der Waals surface area contributed by atoms with Crippen LogP contribution in [0.15, 0.2) is 22.7 Å². The third-order valence-electron chi connectivity index (χ3n) is 6.45. The molecule has 1 fully saturated rings. The average Bonchev–Trinajstić information content (AvgIpc) is 3.61. The summed E-state index contributed by atoms with van der Waals surface area (Å²) in [7, 11) is 0. The van der Waals surface area contributed by atoms with Gasteiger partial charge in [-0.15, -0.1) is 0 Å². The Labute approximate surface area is 235 Å². The van der Waals surface area contributed by atoms with Crippen LogP contribution in [-0.2, 0) is 16.1 Å². The Morgan fingerprint density at radius 1 is 0.976 bits per heavy atom. The molecular formula is C26H26F5N5O6. The number of halogens is 5. The molecule has 1 atom stereocenters. The molecule has 0 bridgehead atoms. The maximum absolute atomic E-state index is 13.8. The quantitative estimate of drug-likeness (QED) is 0.235. The molecule has 1 N–H and O–H groups in total. The van der Waals surface area contributed by atoms with Gasteiger partial charge in [0.1, 0.15) is 18.4 Å². The first-order chi connectivity index (χ1) is 19.9. The number of aromatic nitrogens is 2. The van der Waals surface area contributed by atoms with Gasteiger partial charge in [0, 0.05) is 32.4 Å². The number of carbonyl (C=O) groups excluding carboxylic acids is 3. The summed E-state index contributed by atoms with van der Waals surface area (Å²) in [5.74, 6) is -13.8. The molecule has 0 saturated carbocycles. The van der Waals surface area contributed by atoms with Crippen molar-refractivity contribution in [1.29, 1.82) is 0 Å². The monoisotopic (exact) mass is 599 g/mol. The fraction of sp³-hybridized carbons (Fsp3) is 0.385. The molecule has 0 aliphatic carbocycles. The van der Waals surface area contributed by atoms with Crippen molar-refractivity contribution in [2.45, 2.75) is 33.4 Å². The minimum atomic E-state index is -2.32. The van der Waals surface area contributed by atoms with Gasteiger partial charge in [-0.2, -0.15) is 13.9 Å². The lowest BCUT2D eigenvalue weighted by Gasteiger charge is -2.35. The van der Waals surface area contributed by atoms with E-state index in [1.807, 2.05) is 0 Å². The van der Waals surface area contributed by atoms with E-state index in [4.69, 9.17) is 13.9 Å². The molecule has 11 nitrogen and oxygen atoms in total. The molecule has 16 heteroatoms. The minimum Gasteiger partial charge on any atom is -0.479 e. The second-order valence-electron chi connectivity index (χ2n) is 9.20. The standard InChI is InChI=1S/C26H26F5N5O6/c1-4-40-26(39)35-9-7-34(8-10-35)25(38)14(3)36-11-16(13(2)33-36)32-24(37)17-6-5-15(42-17)12-41-23-21(30)19(28)18(27)20(29)22(23)31/h5-6,11,14H,4,7-10,12H2,1-3H3,(H,32,37). The van der Waals surface area contributed by atoms with Crippen LogP contribution in [0.25, 0.3) is 0 Å². The predicted molar refractivity (Wildman–Crippen MR) is 134 cm³/mol. The molecule has 1 saturated heterocycles. The van der Waals surface area contributed by atoms with Crippen LogP contribution < -0.4 is 10.1 Å². The number of hydrogen-bond acceptors (Lipinski definition) is 7. The minimum absolute atomic E-state index is 0.140. The molecule has 3 heterocycles. The molecule has 1 aliphatic rings. The number of piperazine rings is 1. The zero-order valence-corrected chi connectivity index (χ0v) is 22.7. The molecule has 4 rings (SSSR count). The fourth-order valence-corrected chi connectivity index (χ4v) is 4.12. The highest BCUT2D eigenvalue weighted by Gasteiger charge is 2.30. The van der Waals surface area contributed by atoms with E-state index in [1.165, 1.54) is 27.9 Å². The van der Waals surface area contributed by atoms with Crippen molar-refractivity contribution in [1.82, 2.24) is 19.6 Å². The molecule has 42 heavy (non-hydrogen) atoms. The van der Waals surface area contributed by atoms with Crippen LogP contribution in [0.2, 0.25) is 0 Å². The molecule has 3 aromatic rings. The van der Waals surface area contributed by atoms with Crippen molar-refractivity contribution in [3.05, 3.63) is 64.6 Å². The summed E-state index contributed by atoms with van der Waals surface area (Å²) in [6, 6.07) is 1.71. The molecule has 1 unspecified atom stereocenters. The Morgan fingerprint density at radius 3 is 2.19 bits per heavy atom. The third-order valence-corrected chi connectivity index (χ3v) is 6.45. The third kappa shape index (κ3) is 6.16. The van der Waals surface area contributed by atoms with Gasteiger partial charge in [-0.3, -0.25) is 14.3 Å². The Kier molecular flexibility index (Phi) is 9.02. The lowest BCUT2D eigenvalue weighted by atomic mass is 10.2. The molecule has 1 aliphatic heterocycles. The molecule has 3 amide bonds. The van der Waals surface area contributed by atoms with E-state index >= 15 is 0 Å². The van der Waals surface area contributed by atoms with Gasteiger partial charge < -0.3 is 29.0 Å². The fourth-order valence-electron chi connectivity index (χ4n) is 4.12. The van der Waals surface area contributed by atoms with E-state index in [-0.39, 0.29) is 29.7 Å². The van der Waals surface area contributed by atoms with Gasteiger partial charge >= 0.3 is 6.09 Å². The molecular weight excluding hydrogens is 573 g/mol. The SMILES string of the molecule is CCOC(=O)N1CCN(C(=O)C(C)n2cc(NC(=O)c3ccc(COc4c(F)c(F)c(F)c(F)c4F)o3)c(C)n2)CC1. The number of ether oxygens (including phenoxy) is 2. The van der Waals surface area contributed by atoms with Crippen molar-refractivity contribution >= 4 is 23.6 Å². The highest BCUT2D eigenvalue weighted by atomic mass is 19.2. The molecule has 1 aromatic carbocycles. The number of furan rings is 1. The number of hydrogen-bond donors (Lipinski definition) is 1. The maximum Gasteiger partial charge on any atom is 0.409 e. The second-order valence-corrected chi connectivity index (χ2v) is 9.20. The van der Waals surface area contributed by atoms with Crippen LogP contribution in [-0.4, -0.2) is 70.3 Å². The topological polar surface area (TPSA) is 119 Å². The lowest BCUT2D eigenvalue weighted by molar-refractivity contribution is -0.136. The summed E-state index contributed by atoms with van der Waals surface area (Å²) >= 11 is 0. The van der Waals surface area contributed by atoms with Gasteiger partial charge in [-0.1, -0.05) is 0 Å². The maximum atomic E-state index is 13.8. The first-order valence-electron chi connectivity index (χ1n) is 12.7. The Hall–Kier alpha value is -4.63. The first-order valence-corrected chi connectivity index (χ1v) is 12.7. The molecule has 0 spiro atoms. The van der Waals surface area contributed by atoms with Crippen molar-refractivity contribution < 1.29 is 50.2 Å². The van der Waals surface area contributed by atoms with E-state index in [1.54, 1.807) is 25.7 Å². The smallest absolute Gasteiger partial charge is 0.409 e.